The highest BCUT2D eigenvalue weighted by Gasteiger charge is 2.16. The number of hydrogen-bond acceptors (Lipinski definition) is 4. The Balaban J connectivity index is 1.66. The van der Waals surface area contributed by atoms with Gasteiger partial charge in [0.2, 0.25) is 11.8 Å². The Labute approximate surface area is 179 Å². The average molecular weight is 407 g/mol. The minimum atomic E-state index is -0.143. The van der Waals surface area contributed by atoms with E-state index >= 15 is 0 Å². The molecular formula is C24H30N4O2. The molecule has 0 saturated heterocycles. The average Bonchev–Trinajstić information content (AvgIpc) is 2.79. The quantitative estimate of drug-likeness (QED) is 0.545. The molecule has 2 amide bonds. The predicted molar refractivity (Wildman–Crippen MR) is 120 cm³/mol. The maximum Gasteiger partial charge on any atom is 0.227 e. The van der Waals surface area contributed by atoms with Gasteiger partial charge in [0, 0.05) is 50.9 Å². The zero-order valence-corrected chi connectivity index (χ0v) is 17.6. The van der Waals surface area contributed by atoms with Crippen molar-refractivity contribution in [3.63, 3.8) is 0 Å². The van der Waals surface area contributed by atoms with E-state index in [-0.39, 0.29) is 31.1 Å². The van der Waals surface area contributed by atoms with E-state index < -0.39 is 0 Å². The zero-order chi connectivity index (χ0) is 21.6. The van der Waals surface area contributed by atoms with Crippen molar-refractivity contribution in [3.8, 4) is 6.07 Å². The van der Waals surface area contributed by atoms with Gasteiger partial charge in [0.1, 0.15) is 0 Å². The number of rotatable bonds is 12. The van der Waals surface area contributed by atoms with Crippen molar-refractivity contribution in [3.05, 3.63) is 60.7 Å². The molecule has 158 valence electrons. The molecule has 30 heavy (non-hydrogen) atoms. The van der Waals surface area contributed by atoms with Crippen LogP contribution in [0.2, 0.25) is 0 Å². The highest BCUT2D eigenvalue weighted by molar-refractivity contribution is 5.95. The van der Waals surface area contributed by atoms with Gasteiger partial charge in [-0.05, 0) is 37.1 Å². The van der Waals surface area contributed by atoms with E-state index in [2.05, 4.69) is 35.5 Å². The van der Waals surface area contributed by atoms with Gasteiger partial charge < -0.3 is 15.1 Å². The van der Waals surface area contributed by atoms with E-state index in [9.17, 15) is 9.59 Å². The van der Waals surface area contributed by atoms with Crippen LogP contribution in [0.4, 0.5) is 11.4 Å². The Kier molecular flexibility index (Phi) is 9.94. The molecule has 0 saturated carbocycles. The number of carbonyl (C=O) groups excluding carboxylic acids is 2. The second-order valence-corrected chi connectivity index (χ2v) is 7.10. The highest BCUT2D eigenvalue weighted by Crippen LogP contribution is 2.15. The van der Waals surface area contributed by atoms with Crippen molar-refractivity contribution < 1.29 is 9.59 Å². The second kappa shape index (κ2) is 13.0. The third kappa shape index (κ3) is 7.96. The summed E-state index contributed by atoms with van der Waals surface area (Å²) in [4.78, 5) is 28.4. The van der Waals surface area contributed by atoms with Crippen LogP contribution in [0.15, 0.2) is 60.7 Å². The van der Waals surface area contributed by atoms with Crippen molar-refractivity contribution in [1.82, 2.24) is 5.32 Å². The molecule has 0 spiro atoms. The number of nitrogens with zero attached hydrogens (tertiary/aromatic N) is 3. The van der Waals surface area contributed by atoms with Crippen molar-refractivity contribution in [2.45, 2.75) is 32.1 Å². The first-order valence-corrected chi connectivity index (χ1v) is 10.4. The Morgan fingerprint density at radius 1 is 0.900 bits per heavy atom. The van der Waals surface area contributed by atoms with Crippen LogP contribution in [0.25, 0.3) is 0 Å². The van der Waals surface area contributed by atoms with E-state index in [0.717, 1.165) is 25.1 Å². The van der Waals surface area contributed by atoms with Crippen LogP contribution < -0.4 is 15.1 Å². The van der Waals surface area contributed by atoms with Gasteiger partial charge >= 0.3 is 0 Å². The lowest BCUT2D eigenvalue weighted by atomic mass is 10.2. The third-order valence-electron chi connectivity index (χ3n) is 4.82. The number of nitrogens with one attached hydrogen (secondary N) is 1. The van der Waals surface area contributed by atoms with Gasteiger partial charge in [-0.2, -0.15) is 5.26 Å². The lowest BCUT2D eigenvalue weighted by Crippen LogP contribution is -2.33. The summed E-state index contributed by atoms with van der Waals surface area (Å²) < 4.78 is 0. The van der Waals surface area contributed by atoms with E-state index in [1.165, 1.54) is 5.69 Å². The number of para-hydroxylation sites is 2. The number of benzene rings is 2. The minimum absolute atomic E-state index is 0.118. The Morgan fingerprint density at radius 3 is 2.17 bits per heavy atom. The summed E-state index contributed by atoms with van der Waals surface area (Å²) in [5.74, 6) is -0.260. The van der Waals surface area contributed by atoms with Crippen LogP contribution >= 0.6 is 0 Å². The molecule has 2 rings (SSSR count). The molecule has 0 atom stereocenters. The summed E-state index contributed by atoms with van der Waals surface area (Å²) in [7, 11) is 2.06. The number of anilines is 2. The molecule has 0 aliphatic carbocycles. The van der Waals surface area contributed by atoms with Crippen molar-refractivity contribution in [2.24, 2.45) is 0 Å². The molecule has 0 radical (unpaired) electrons. The molecule has 0 aliphatic rings. The standard InChI is InChI=1S/C24H30N4O2/c1-27(21-11-4-2-5-12-21)19-9-8-18-26-23(29)15-16-24(30)28(20-10-17-25)22-13-6-3-7-14-22/h2-7,11-14H,8-10,15-16,18-20H2,1H3,(H,26,29). The normalized spacial score (nSPS) is 10.1. The monoisotopic (exact) mass is 406 g/mol. The fourth-order valence-electron chi connectivity index (χ4n) is 3.12. The van der Waals surface area contributed by atoms with E-state index in [1.54, 1.807) is 4.90 Å². The molecule has 0 bridgehead atoms. The largest absolute Gasteiger partial charge is 0.375 e. The number of unbranched alkanes of at least 4 members (excludes halogenated alkanes) is 1. The molecule has 1 N–H and O–H groups in total. The topological polar surface area (TPSA) is 76.4 Å². The molecule has 2 aromatic carbocycles. The fourth-order valence-corrected chi connectivity index (χ4v) is 3.12. The number of hydrogen-bond donors (Lipinski definition) is 1. The van der Waals surface area contributed by atoms with Gasteiger partial charge in [0.15, 0.2) is 0 Å². The first kappa shape index (κ1) is 23.0. The van der Waals surface area contributed by atoms with Crippen LogP contribution in [-0.4, -0.2) is 38.5 Å². The molecule has 0 unspecified atom stereocenters. The molecule has 0 aliphatic heterocycles. The van der Waals surface area contributed by atoms with Crippen LogP contribution in [0.3, 0.4) is 0 Å². The van der Waals surface area contributed by atoms with Gasteiger partial charge in [0.25, 0.3) is 0 Å². The first-order chi connectivity index (χ1) is 14.6. The van der Waals surface area contributed by atoms with Crippen LogP contribution in [0.5, 0.6) is 0 Å². The maximum absolute atomic E-state index is 12.6. The van der Waals surface area contributed by atoms with Crippen LogP contribution in [0.1, 0.15) is 32.1 Å². The van der Waals surface area contributed by atoms with Crippen molar-refractivity contribution in [1.29, 1.82) is 5.26 Å². The molecule has 0 fully saturated rings. The summed E-state index contributed by atoms with van der Waals surface area (Å²) in [5.41, 5.74) is 1.93. The Bertz CT molecular complexity index is 818. The summed E-state index contributed by atoms with van der Waals surface area (Å²) in [6.07, 6.45) is 2.39. The van der Waals surface area contributed by atoms with Crippen molar-refractivity contribution in [2.75, 3.05) is 36.5 Å². The maximum atomic E-state index is 12.6. The molecule has 6 heteroatoms. The van der Waals surface area contributed by atoms with Crippen molar-refractivity contribution >= 4 is 23.2 Å². The van der Waals surface area contributed by atoms with Gasteiger partial charge in [-0.3, -0.25) is 9.59 Å². The van der Waals surface area contributed by atoms with Gasteiger partial charge in [-0.15, -0.1) is 0 Å². The predicted octanol–water partition coefficient (Wildman–Crippen LogP) is 3.75. The lowest BCUT2D eigenvalue weighted by molar-refractivity contribution is -0.125. The van der Waals surface area contributed by atoms with E-state index in [1.807, 2.05) is 48.5 Å². The molecule has 2 aromatic rings. The summed E-state index contributed by atoms with van der Waals surface area (Å²) in [5, 5.41) is 11.7. The summed E-state index contributed by atoms with van der Waals surface area (Å²) in [6.45, 7) is 1.85. The van der Waals surface area contributed by atoms with Gasteiger partial charge in [-0.1, -0.05) is 36.4 Å². The lowest BCUT2D eigenvalue weighted by Gasteiger charge is -2.21. The van der Waals surface area contributed by atoms with Gasteiger partial charge in [0.05, 0.1) is 12.5 Å². The molecular weight excluding hydrogens is 376 g/mol. The number of nitriles is 1. The molecule has 0 heterocycles. The van der Waals surface area contributed by atoms with E-state index in [0.29, 0.717) is 13.1 Å². The molecule has 6 nitrogen and oxygen atoms in total. The van der Waals surface area contributed by atoms with Crippen LogP contribution in [0, 0.1) is 11.3 Å². The Hall–Kier alpha value is -3.33. The summed E-state index contributed by atoms with van der Waals surface area (Å²) in [6, 6.07) is 21.5. The Morgan fingerprint density at radius 2 is 1.53 bits per heavy atom. The van der Waals surface area contributed by atoms with Gasteiger partial charge in [-0.25, -0.2) is 0 Å². The number of carbonyl (C=O) groups is 2. The van der Waals surface area contributed by atoms with Crippen LogP contribution in [-0.2, 0) is 9.59 Å². The SMILES string of the molecule is CN(CCCCNC(=O)CCC(=O)N(CCC#N)c1ccccc1)c1ccccc1. The third-order valence-corrected chi connectivity index (χ3v) is 4.82. The smallest absolute Gasteiger partial charge is 0.227 e. The fraction of sp³-hybridized carbons (Fsp3) is 0.375. The first-order valence-electron chi connectivity index (χ1n) is 10.4. The van der Waals surface area contributed by atoms with E-state index in [4.69, 9.17) is 5.26 Å². The number of amides is 2. The second-order valence-electron chi connectivity index (χ2n) is 7.10. The highest BCUT2D eigenvalue weighted by atomic mass is 16.2. The zero-order valence-electron chi connectivity index (χ0n) is 17.6. The molecule has 0 aromatic heterocycles. The summed E-state index contributed by atoms with van der Waals surface area (Å²) >= 11 is 0. The minimum Gasteiger partial charge on any atom is -0.375 e.